The number of esters is 1. The summed E-state index contributed by atoms with van der Waals surface area (Å²) in [5.74, 6) is -0.794. The molecule has 0 N–H and O–H groups in total. The molecule has 0 radical (unpaired) electrons. The van der Waals surface area contributed by atoms with Crippen molar-refractivity contribution in [3.05, 3.63) is 28.3 Å². The second-order valence-corrected chi connectivity index (χ2v) is 4.63. The zero-order valence-electron chi connectivity index (χ0n) is 11.7. The molecule has 8 heteroatoms. The van der Waals surface area contributed by atoms with Gasteiger partial charge in [0.25, 0.3) is 0 Å². The van der Waals surface area contributed by atoms with E-state index in [2.05, 4.69) is 4.99 Å². The lowest BCUT2D eigenvalue weighted by atomic mass is 10.1. The summed E-state index contributed by atoms with van der Waals surface area (Å²) in [6.07, 6.45) is -3.46. The van der Waals surface area contributed by atoms with Crippen LogP contribution in [0.2, 0.25) is 5.02 Å². The van der Waals surface area contributed by atoms with Gasteiger partial charge in [0.15, 0.2) is 0 Å². The van der Waals surface area contributed by atoms with Gasteiger partial charge < -0.3 is 9.64 Å². The van der Waals surface area contributed by atoms with Crippen molar-refractivity contribution in [3.8, 4) is 0 Å². The minimum absolute atomic E-state index is 0.0898. The van der Waals surface area contributed by atoms with Crippen molar-refractivity contribution in [1.82, 2.24) is 4.90 Å². The third-order valence-corrected chi connectivity index (χ3v) is 2.72. The number of carbonyl (C=O) groups is 1. The summed E-state index contributed by atoms with van der Waals surface area (Å²) < 4.78 is 43.7. The van der Waals surface area contributed by atoms with Crippen molar-refractivity contribution in [2.45, 2.75) is 13.1 Å². The monoisotopic (exact) mass is 322 g/mol. The minimum Gasteiger partial charge on any atom is -0.462 e. The number of aliphatic imine (C=N–C) groups is 1. The van der Waals surface area contributed by atoms with Gasteiger partial charge in [0.2, 0.25) is 0 Å². The Morgan fingerprint density at radius 3 is 2.52 bits per heavy atom. The number of hydrogen-bond donors (Lipinski definition) is 0. The van der Waals surface area contributed by atoms with Gasteiger partial charge in [-0.05, 0) is 19.1 Å². The van der Waals surface area contributed by atoms with Crippen molar-refractivity contribution >= 4 is 29.6 Å². The lowest BCUT2D eigenvalue weighted by Crippen LogP contribution is -2.11. The van der Waals surface area contributed by atoms with E-state index in [-0.39, 0.29) is 17.2 Å². The Bertz CT molecular complexity index is 557. The Morgan fingerprint density at radius 1 is 1.43 bits per heavy atom. The zero-order chi connectivity index (χ0) is 16.2. The van der Waals surface area contributed by atoms with Gasteiger partial charge in [0.05, 0.1) is 34.8 Å². The number of hydrogen-bond acceptors (Lipinski definition) is 3. The molecule has 116 valence electrons. The third-order valence-electron chi connectivity index (χ3n) is 2.33. The molecule has 4 nitrogen and oxygen atoms in total. The SMILES string of the molecule is CCOC(=O)c1ccc(C(F)(F)F)c(N=CN(C)C)c1Cl. The molecule has 0 atom stereocenters. The Balaban J connectivity index is 3.44. The average molecular weight is 323 g/mol. The predicted molar refractivity (Wildman–Crippen MR) is 74.2 cm³/mol. The molecule has 0 saturated carbocycles. The molecule has 1 rings (SSSR count). The van der Waals surface area contributed by atoms with E-state index in [9.17, 15) is 18.0 Å². The van der Waals surface area contributed by atoms with E-state index in [0.717, 1.165) is 12.1 Å². The summed E-state index contributed by atoms with van der Waals surface area (Å²) in [6, 6.07) is 1.75. The van der Waals surface area contributed by atoms with Gasteiger partial charge in [0, 0.05) is 14.1 Å². The number of carbonyl (C=O) groups excluding carboxylic acids is 1. The minimum atomic E-state index is -4.63. The zero-order valence-corrected chi connectivity index (χ0v) is 12.4. The first-order valence-electron chi connectivity index (χ1n) is 5.96. The van der Waals surface area contributed by atoms with E-state index in [1.165, 1.54) is 11.2 Å². The van der Waals surface area contributed by atoms with Crippen molar-refractivity contribution < 1.29 is 22.7 Å². The van der Waals surface area contributed by atoms with E-state index >= 15 is 0 Å². The molecule has 0 aliphatic rings. The molecule has 0 aliphatic heterocycles. The van der Waals surface area contributed by atoms with Crippen LogP contribution in [-0.2, 0) is 10.9 Å². The average Bonchev–Trinajstić information content (AvgIpc) is 2.35. The van der Waals surface area contributed by atoms with E-state index < -0.39 is 23.4 Å². The number of ether oxygens (including phenoxy) is 1. The quantitative estimate of drug-likeness (QED) is 0.481. The second-order valence-electron chi connectivity index (χ2n) is 4.25. The highest BCUT2D eigenvalue weighted by Crippen LogP contribution is 2.41. The molecular weight excluding hydrogens is 309 g/mol. The van der Waals surface area contributed by atoms with Crippen LogP contribution in [0.4, 0.5) is 18.9 Å². The van der Waals surface area contributed by atoms with E-state index in [1.54, 1.807) is 21.0 Å². The molecule has 21 heavy (non-hydrogen) atoms. The maximum absolute atomic E-state index is 13.0. The van der Waals surface area contributed by atoms with E-state index in [4.69, 9.17) is 16.3 Å². The highest BCUT2D eigenvalue weighted by atomic mass is 35.5. The highest BCUT2D eigenvalue weighted by Gasteiger charge is 2.35. The van der Waals surface area contributed by atoms with Crippen LogP contribution >= 0.6 is 11.6 Å². The van der Waals surface area contributed by atoms with Gasteiger partial charge >= 0.3 is 12.1 Å². The lowest BCUT2D eigenvalue weighted by Gasteiger charge is -2.14. The lowest BCUT2D eigenvalue weighted by molar-refractivity contribution is -0.137. The molecular formula is C13H14ClF3N2O2. The van der Waals surface area contributed by atoms with Crippen molar-refractivity contribution in [2.24, 2.45) is 4.99 Å². The molecule has 0 unspecified atom stereocenters. The Kier molecular flexibility index (Phi) is 5.60. The molecule has 0 spiro atoms. The first kappa shape index (κ1) is 17.3. The number of halogens is 4. The first-order valence-corrected chi connectivity index (χ1v) is 6.33. The van der Waals surface area contributed by atoms with Crippen LogP contribution in [0.5, 0.6) is 0 Å². The van der Waals surface area contributed by atoms with Crippen LogP contribution < -0.4 is 0 Å². The molecule has 0 amide bonds. The summed E-state index contributed by atoms with van der Waals surface area (Å²) in [6.45, 7) is 1.67. The van der Waals surface area contributed by atoms with E-state index in [1.807, 2.05) is 0 Å². The summed E-state index contributed by atoms with van der Waals surface area (Å²) in [7, 11) is 3.19. The van der Waals surface area contributed by atoms with Gasteiger partial charge in [0.1, 0.15) is 0 Å². The van der Waals surface area contributed by atoms with Crippen LogP contribution in [0.15, 0.2) is 17.1 Å². The first-order chi connectivity index (χ1) is 9.68. The van der Waals surface area contributed by atoms with Crippen molar-refractivity contribution in [1.29, 1.82) is 0 Å². The van der Waals surface area contributed by atoms with Crippen molar-refractivity contribution in [3.63, 3.8) is 0 Å². The van der Waals surface area contributed by atoms with Crippen LogP contribution in [0.25, 0.3) is 0 Å². The van der Waals surface area contributed by atoms with Crippen LogP contribution in [0.3, 0.4) is 0 Å². The number of rotatable bonds is 4. The third kappa shape index (κ3) is 4.35. The standard InChI is InChI=1S/C13H14ClF3N2O2/c1-4-21-12(20)8-5-6-9(13(15,16)17)11(10(8)14)18-7-19(2)3/h5-7H,4H2,1-3H3. The second kappa shape index (κ2) is 6.80. The normalized spacial score (nSPS) is 11.8. The van der Waals surface area contributed by atoms with E-state index in [0.29, 0.717) is 0 Å². The maximum Gasteiger partial charge on any atom is 0.418 e. The predicted octanol–water partition coefficient (Wildman–Crippen LogP) is 3.76. The van der Waals surface area contributed by atoms with Gasteiger partial charge in [-0.25, -0.2) is 9.79 Å². The summed E-state index contributed by atoms with van der Waals surface area (Å²) >= 11 is 5.90. The highest BCUT2D eigenvalue weighted by molar-refractivity contribution is 6.36. The molecule has 0 aliphatic carbocycles. The fourth-order valence-corrected chi connectivity index (χ4v) is 1.75. The number of benzene rings is 1. The smallest absolute Gasteiger partial charge is 0.418 e. The molecule has 0 saturated heterocycles. The maximum atomic E-state index is 13.0. The van der Waals surface area contributed by atoms with Gasteiger partial charge in [-0.1, -0.05) is 11.6 Å². The fourth-order valence-electron chi connectivity index (χ4n) is 1.46. The molecule has 0 bridgehead atoms. The van der Waals surface area contributed by atoms with Gasteiger partial charge in [-0.2, -0.15) is 13.2 Å². The molecule has 1 aromatic carbocycles. The largest absolute Gasteiger partial charge is 0.462 e. The van der Waals surface area contributed by atoms with Crippen molar-refractivity contribution in [2.75, 3.05) is 20.7 Å². The summed E-state index contributed by atoms with van der Waals surface area (Å²) in [5.41, 5.74) is -1.68. The fraction of sp³-hybridized carbons (Fsp3) is 0.385. The summed E-state index contributed by atoms with van der Waals surface area (Å²) in [4.78, 5) is 16.8. The van der Waals surface area contributed by atoms with Gasteiger partial charge in [-0.3, -0.25) is 0 Å². The van der Waals surface area contributed by atoms with Crippen LogP contribution in [-0.4, -0.2) is 37.9 Å². The number of nitrogens with zero attached hydrogens (tertiary/aromatic N) is 2. The topological polar surface area (TPSA) is 41.9 Å². The van der Waals surface area contributed by atoms with Crippen LogP contribution in [0.1, 0.15) is 22.8 Å². The Morgan fingerprint density at radius 2 is 2.05 bits per heavy atom. The van der Waals surface area contributed by atoms with Crippen LogP contribution in [0, 0.1) is 0 Å². The Hall–Kier alpha value is -1.76. The number of alkyl halides is 3. The molecule has 0 aromatic heterocycles. The molecule has 0 fully saturated rings. The molecule has 0 heterocycles. The van der Waals surface area contributed by atoms with Gasteiger partial charge in [-0.15, -0.1) is 0 Å². The Labute approximate surface area is 125 Å². The summed E-state index contributed by atoms with van der Waals surface area (Å²) in [5, 5.41) is -0.388. The molecule has 1 aromatic rings.